The van der Waals surface area contributed by atoms with Gasteiger partial charge < -0.3 is 34.3 Å². The zero-order valence-corrected chi connectivity index (χ0v) is 25.9. The SMILES string of the molecule is CCCOc1c2c(c(CO)c3c1C(=CCn1ccnc1[NH+]1CN=C4C([O-])=NC(=N)N=C41)C=C(C(=O)OCC)O3)O[C@H](C(C)(C)O)C2. The minimum Gasteiger partial charge on any atom is -0.857 e. The average Bonchev–Trinajstić information content (AvgIpc) is 3.76. The van der Waals surface area contributed by atoms with E-state index in [4.69, 9.17) is 24.4 Å². The molecule has 2 atom stereocenters. The van der Waals surface area contributed by atoms with E-state index in [0.29, 0.717) is 64.1 Å². The van der Waals surface area contributed by atoms with Gasteiger partial charge in [-0.05, 0) is 38.8 Å². The Kier molecular flexibility index (Phi) is 8.22. The van der Waals surface area contributed by atoms with Crippen LogP contribution in [0.3, 0.4) is 0 Å². The highest BCUT2D eigenvalue weighted by atomic mass is 16.6. The maximum Gasteiger partial charge on any atom is 0.374 e. The first kappa shape index (κ1) is 31.1. The van der Waals surface area contributed by atoms with Crippen LogP contribution in [-0.2, 0) is 29.1 Å². The standard InChI is InChI=1S/C31H35N7O8/c1-5-11-44-24-17-13-20(31(3,4)42)46-23(17)18(14-39)25-21(24)16(12-19(45-25)28(41)43-6-2)7-9-37-10-8-33-30(37)38-15-34-22-26(38)35-29(32)36-27(22)40/h7-8,10,12,20,39,42H,5-6,9,11,13-15H2,1-4H3,(H2,32,36,40)/t20-/m0/s1. The van der Waals surface area contributed by atoms with E-state index >= 15 is 0 Å². The molecule has 0 saturated heterocycles. The minimum absolute atomic E-state index is 0.0832. The molecule has 15 heteroatoms. The molecule has 1 aromatic carbocycles. The molecule has 2 aromatic rings. The fraction of sp³-hybridized carbons (Fsp3) is 0.419. The van der Waals surface area contributed by atoms with Crippen LogP contribution in [-0.4, -0.2) is 80.7 Å². The number of guanidine groups is 1. The lowest BCUT2D eigenvalue weighted by atomic mass is 9.90. The van der Waals surface area contributed by atoms with Crippen LogP contribution in [0.15, 0.2) is 45.3 Å². The van der Waals surface area contributed by atoms with Crippen LogP contribution in [0.2, 0.25) is 0 Å². The Labute approximate surface area is 264 Å². The number of rotatable bonds is 10. The van der Waals surface area contributed by atoms with Gasteiger partial charge in [0.1, 0.15) is 23.4 Å². The molecule has 0 spiro atoms. The number of fused-ring (bicyclic) bond motifs is 3. The molecular formula is C31H35N7O8. The Hall–Kier alpha value is -4.86. The third-order valence-electron chi connectivity index (χ3n) is 7.89. The first-order valence-corrected chi connectivity index (χ1v) is 15.0. The number of carbonyl (C=O) groups excluding carboxylic acids is 1. The highest BCUT2D eigenvalue weighted by molar-refractivity contribution is 6.66. The van der Waals surface area contributed by atoms with E-state index in [9.17, 15) is 20.1 Å². The lowest BCUT2D eigenvalue weighted by Crippen LogP contribution is -3.10. The van der Waals surface area contributed by atoms with Crippen molar-refractivity contribution < 1.29 is 44.0 Å². The molecule has 4 N–H and O–H groups in total. The number of hydrogen-bond acceptors (Lipinski definition) is 11. The van der Waals surface area contributed by atoms with Crippen molar-refractivity contribution in [1.82, 2.24) is 9.55 Å². The van der Waals surface area contributed by atoms with Gasteiger partial charge in [-0.15, -0.1) is 0 Å². The molecule has 4 aliphatic heterocycles. The maximum absolute atomic E-state index is 13.0. The van der Waals surface area contributed by atoms with Crippen LogP contribution in [0.5, 0.6) is 17.2 Å². The fourth-order valence-electron chi connectivity index (χ4n) is 5.70. The van der Waals surface area contributed by atoms with Crippen LogP contribution in [0.4, 0.5) is 5.95 Å². The van der Waals surface area contributed by atoms with E-state index in [1.165, 1.54) is 0 Å². The Morgan fingerprint density at radius 2 is 2.11 bits per heavy atom. The van der Waals surface area contributed by atoms with E-state index in [0.717, 1.165) is 0 Å². The summed E-state index contributed by atoms with van der Waals surface area (Å²) in [6.07, 6.45) is 7.23. The Morgan fingerprint density at radius 1 is 1.30 bits per heavy atom. The summed E-state index contributed by atoms with van der Waals surface area (Å²) in [6.45, 7) is 7.42. The maximum atomic E-state index is 13.0. The zero-order chi connectivity index (χ0) is 32.7. The highest BCUT2D eigenvalue weighted by Crippen LogP contribution is 2.53. The number of hydrogen-bond donors (Lipinski definition) is 4. The normalized spacial score (nSPS) is 20.9. The van der Waals surface area contributed by atoms with Crippen molar-refractivity contribution >= 4 is 40.9 Å². The molecule has 6 rings (SSSR count). The number of nitrogens with one attached hydrogen (secondary N) is 2. The lowest BCUT2D eigenvalue weighted by molar-refractivity contribution is -0.730. The van der Waals surface area contributed by atoms with Gasteiger partial charge in [-0.1, -0.05) is 13.0 Å². The van der Waals surface area contributed by atoms with Gasteiger partial charge >= 0.3 is 11.9 Å². The van der Waals surface area contributed by atoms with Gasteiger partial charge in [-0.3, -0.25) is 9.98 Å². The smallest absolute Gasteiger partial charge is 0.374 e. The summed E-state index contributed by atoms with van der Waals surface area (Å²) in [5.74, 6) is 0.0597. The molecule has 5 heterocycles. The second-order valence-electron chi connectivity index (χ2n) is 11.5. The molecule has 0 radical (unpaired) electrons. The van der Waals surface area contributed by atoms with Crippen LogP contribution < -0.4 is 24.2 Å². The average molecular weight is 634 g/mol. The highest BCUT2D eigenvalue weighted by Gasteiger charge is 2.42. The number of aliphatic hydroxyl groups excluding tert-OH is 1. The molecule has 1 aromatic heterocycles. The zero-order valence-electron chi connectivity index (χ0n) is 25.9. The third-order valence-corrected chi connectivity index (χ3v) is 7.89. The first-order valence-electron chi connectivity index (χ1n) is 15.0. The molecule has 4 aliphatic rings. The summed E-state index contributed by atoms with van der Waals surface area (Å²) >= 11 is 0. The number of allylic oxidation sites excluding steroid dienone is 3. The van der Waals surface area contributed by atoms with E-state index in [1.807, 2.05) is 17.6 Å². The molecule has 46 heavy (non-hydrogen) atoms. The van der Waals surface area contributed by atoms with Gasteiger partial charge in [-0.2, -0.15) is 9.98 Å². The molecule has 0 saturated carbocycles. The van der Waals surface area contributed by atoms with Crippen molar-refractivity contribution in [3.63, 3.8) is 0 Å². The van der Waals surface area contributed by atoms with Crippen LogP contribution in [0.1, 0.15) is 50.8 Å². The quantitative estimate of drug-likeness (QED) is 0.264. The molecule has 0 fully saturated rings. The second kappa shape index (κ2) is 12.2. The number of carbonyl (C=O) groups is 1. The Balaban J connectivity index is 1.45. The molecule has 1 unspecified atom stereocenters. The van der Waals surface area contributed by atoms with Crippen molar-refractivity contribution in [3.05, 3.63) is 47.0 Å². The Morgan fingerprint density at radius 3 is 2.83 bits per heavy atom. The fourth-order valence-corrected chi connectivity index (χ4v) is 5.70. The number of benzene rings is 1. The van der Waals surface area contributed by atoms with Gasteiger partial charge in [0, 0.05) is 30.6 Å². The second-order valence-corrected chi connectivity index (χ2v) is 11.5. The molecule has 15 nitrogen and oxygen atoms in total. The molecule has 0 bridgehead atoms. The molecule has 0 aliphatic carbocycles. The number of esters is 1. The summed E-state index contributed by atoms with van der Waals surface area (Å²) in [5.41, 5.74) is 1.02. The molecule has 242 valence electrons. The largest absolute Gasteiger partial charge is 0.857 e. The number of ether oxygens (including phenoxy) is 4. The molecular weight excluding hydrogens is 598 g/mol. The number of quaternary nitrogens is 1. The van der Waals surface area contributed by atoms with Gasteiger partial charge in [0.2, 0.25) is 11.7 Å². The van der Waals surface area contributed by atoms with Crippen LogP contribution in [0, 0.1) is 5.41 Å². The summed E-state index contributed by atoms with van der Waals surface area (Å²) < 4.78 is 25.8. The van der Waals surface area contributed by atoms with Crippen molar-refractivity contribution in [2.24, 2.45) is 15.0 Å². The van der Waals surface area contributed by atoms with E-state index in [2.05, 4.69) is 20.0 Å². The van der Waals surface area contributed by atoms with Crippen molar-refractivity contribution in [3.8, 4) is 17.2 Å². The van der Waals surface area contributed by atoms with Gasteiger partial charge in [0.05, 0.1) is 42.7 Å². The summed E-state index contributed by atoms with van der Waals surface area (Å²) in [6, 6.07) is 0. The molecule has 0 amide bonds. The minimum atomic E-state index is -1.19. The topological polar surface area (TPSA) is 201 Å². The van der Waals surface area contributed by atoms with Crippen molar-refractivity contribution in [1.29, 1.82) is 5.41 Å². The van der Waals surface area contributed by atoms with E-state index in [-0.39, 0.29) is 42.9 Å². The summed E-state index contributed by atoms with van der Waals surface area (Å²) in [7, 11) is 0. The Bertz CT molecular complexity index is 1760. The first-order chi connectivity index (χ1) is 22.0. The van der Waals surface area contributed by atoms with Gasteiger partial charge in [0.15, 0.2) is 12.4 Å². The number of amidine groups is 1. The lowest BCUT2D eigenvalue weighted by Gasteiger charge is -2.27. The third kappa shape index (κ3) is 5.46. The summed E-state index contributed by atoms with van der Waals surface area (Å²) in [5, 5.41) is 41.5. The van der Waals surface area contributed by atoms with Crippen LogP contribution in [0.25, 0.3) is 5.57 Å². The monoisotopic (exact) mass is 633 g/mol. The van der Waals surface area contributed by atoms with Gasteiger partial charge in [0.25, 0.3) is 5.84 Å². The van der Waals surface area contributed by atoms with Crippen molar-refractivity contribution in [2.75, 3.05) is 19.9 Å². The number of nitrogens with zero attached hydrogens (tertiary/aromatic N) is 5. The van der Waals surface area contributed by atoms with Crippen molar-refractivity contribution in [2.45, 2.75) is 65.4 Å². The predicted octanol–water partition coefficient (Wildman–Crippen LogP) is 0.196. The predicted molar refractivity (Wildman–Crippen MR) is 164 cm³/mol. The van der Waals surface area contributed by atoms with Gasteiger partial charge in [-0.25, -0.2) is 19.7 Å². The van der Waals surface area contributed by atoms with Crippen LogP contribution >= 0.6 is 0 Å². The number of aliphatic imine (C=N–C) groups is 3. The number of aliphatic hydroxyl groups is 2. The van der Waals surface area contributed by atoms with E-state index < -0.39 is 36.1 Å². The van der Waals surface area contributed by atoms with E-state index in [1.54, 1.807) is 39.2 Å². The number of imidazole rings is 1. The number of aromatic nitrogens is 2. The summed E-state index contributed by atoms with van der Waals surface area (Å²) in [4.78, 5) is 30.1.